The van der Waals surface area contributed by atoms with Gasteiger partial charge in [0, 0.05) is 16.6 Å². The first kappa shape index (κ1) is 13.1. The Labute approximate surface area is 128 Å². The number of hydrogen-bond acceptors (Lipinski definition) is 2. The van der Waals surface area contributed by atoms with E-state index in [1.165, 1.54) is 17.5 Å². The van der Waals surface area contributed by atoms with Gasteiger partial charge in [0.2, 0.25) is 5.91 Å². The zero-order chi connectivity index (χ0) is 14.9. The second kappa shape index (κ2) is 5.34. The van der Waals surface area contributed by atoms with Crippen LogP contribution in [0.2, 0.25) is 0 Å². The molecule has 0 unspecified atom stereocenters. The molecule has 1 heterocycles. The van der Waals surface area contributed by atoms with Crippen molar-refractivity contribution in [2.45, 2.75) is 25.7 Å². The van der Waals surface area contributed by atoms with Gasteiger partial charge in [-0.3, -0.25) is 4.79 Å². The fourth-order valence-electron chi connectivity index (χ4n) is 3.18. The van der Waals surface area contributed by atoms with Crippen molar-refractivity contribution in [1.29, 1.82) is 0 Å². The fraction of sp³-hybridized carbons (Fsp3) is 0.211. The van der Waals surface area contributed by atoms with Gasteiger partial charge in [-0.25, -0.2) is 0 Å². The molecule has 0 fully saturated rings. The Bertz CT molecular complexity index is 833. The second-order valence-electron chi connectivity index (χ2n) is 5.82. The van der Waals surface area contributed by atoms with Crippen molar-refractivity contribution in [3.8, 4) is 0 Å². The normalized spacial score (nSPS) is 13.3. The third-order valence-corrected chi connectivity index (χ3v) is 4.28. The fourth-order valence-corrected chi connectivity index (χ4v) is 3.18. The van der Waals surface area contributed by atoms with Gasteiger partial charge >= 0.3 is 0 Å². The Balaban J connectivity index is 1.58. The second-order valence-corrected chi connectivity index (χ2v) is 5.82. The average molecular weight is 291 g/mol. The lowest BCUT2D eigenvalue weighted by molar-refractivity contribution is -0.115. The van der Waals surface area contributed by atoms with Crippen LogP contribution in [-0.2, 0) is 24.1 Å². The van der Waals surface area contributed by atoms with Gasteiger partial charge in [0.1, 0.15) is 5.58 Å². The lowest BCUT2D eigenvalue weighted by Crippen LogP contribution is -2.14. The SMILES string of the molecule is O=C(Cc1coc2cc3c(cc12)CCC3)Nc1ccccc1. The van der Waals surface area contributed by atoms with E-state index >= 15 is 0 Å². The maximum absolute atomic E-state index is 12.2. The van der Waals surface area contributed by atoms with Crippen molar-refractivity contribution in [2.75, 3.05) is 5.32 Å². The summed E-state index contributed by atoms with van der Waals surface area (Å²) in [6.07, 6.45) is 5.53. The number of furan rings is 1. The molecule has 3 heteroatoms. The first-order valence-electron chi connectivity index (χ1n) is 7.66. The third kappa shape index (κ3) is 2.39. The lowest BCUT2D eigenvalue weighted by atomic mass is 10.0. The first-order valence-corrected chi connectivity index (χ1v) is 7.66. The molecular formula is C19H17NO2. The number of carbonyl (C=O) groups excluding carboxylic acids is 1. The van der Waals surface area contributed by atoms with Crippen LogP contribution in [0.3, 0.4) is 0 Å². The Kier molecular flexibility index (Phi) is 3.19. The van der Waals surface area contributed by atoms with E-state index in [-0.39, 0.29) is 5.91 Å². The molecule has 1 N–H and O–H groups in total. The molecule has 0 radical (unpaired) electrons. The maximum Gasteiger partial charge on any atom is 0.228 e. The summed E-state index contributed by atoms with van der Waals surface area (Å²) >= 11 is 0. The maximum atomic E-state index is 12.2. The summed E-state index contributed by atoms with van der Waals surface area (Å²) in [7, 11) is 0. The van der Waals surface area contributed by atoms with Gasteiger partial charge in [-0.05, 0) is 54.7 Å². The minimum absolute atomic E-state index is 0.0191. The molecule has 0 aliphatic heterocycles. The molecule has 0 saturated carbocycles. The van der Waals surface area contributed by atoms with E-state index < -0.39 is 0 Å². The van der Waals surface area contributed by atoms with Crippen molar-refractivity contribution in [3.63, 3.8) is 0 Å². The van der Waals surface area contributed by atoms with Gasteiger partial charge in [0.25, 0.3) is 0 Å². The molecule has 1 aliphatic rings. The Hall–Kier alpha value is -2.55. The van der Waals surface area contributed by atoms with Gasteiger partial charge in [-0.1, -0.05) is 18.2 Å². The van der Waals surface area contributed by atoms with Crippen molar-refractivity contribution in [1.82, 2.24) is 0 Å². The van der Waals surface area contributed by atoms with Crippen LogP contribution in [0.25, 0.3) is 11.0 Å². The number of hydrogen-bond donors (Lipinski definition) is 1. The number of anilines is 1. The summed E-state index contributed by atoms with van der Waals surface area (Å²) in [5.41, 5.74) is 5.46. The molecule has 0 spiro atoms. The smallest absolute Gasteiger partial charge is 0.228 e. The molecule has 4 rings (SSSR count). The molecule has 3 nitrogen and oxygen atoms in total. The van der Waals surface area contributed by atoms with Gasteiger partial charge in [0.15, 0.2) is 0 Å². The topological polar surface area (TPSA) is 42.2 Å². The zero-order valence-corrected chi connectivity index (χ0v) is 12.3. The standard InChI is InChI=1S/C19H17NO2/c21-19(20-16-7-2-1-3-8-16)11-15-12-22-18-10-14-6-4-5-13(14)9-17(15)18/h1-3,7-10,12H,4-6,11H2,(H,20,21). The van der Waals surface area contributed by atoms with Gasteiger partial charge < -0.3 is 9.73 Å². The van der Waals surface area contributed by atoms with E-state index in [4.69, 9.17) is 4.42 Å². The largest absolute Gasteiger partial charge is 0.464 e. The van der Waals surface area contributed by atoms with Crippen LogP contribution < -0.4 is 5.32 Å². The summed E-state index contributed by atoms with van der Waals surface area (Å²) in [6.45, 7) is 0. The van der Waals surface area contributed by atoms with Crippen LogP contribution in [0, 0.1) is 0 Å². The van der Waals surface area contributed by atoms with Crippen molar-refractivity contribution in [3.05, 3.63) is 65.4 Å². The van der Waals surface area contributed by atoms with Gasteiger partial charge in [-0.15, -0.1) is 0 Å². The van der Waals surface area contributed by atoms with E-state index in [0.717, 1.165) is 35.1 Å². The van der Waals surface area contributed by atoms with Crippen LogP contribution in [0.4, 0.5) is 5.69 Å². The molecule has 0 saturated heterocycles. The highest BCUT2D eigenvalue weighted by Crippen LogP contribution is 2.30. The van der Waals surface area contributed by atoms with Crippen molar-refractivity contribution >= 4 is 22.6 Å². The summed E-state index contributed by atoms with van der Waals surface area (Å²) < 4.78 is 5.65. The molecule has 110 valence electrons. The Morgan fingerprint density at radius 3 is 2.68 bits per heavy atom. The Morgan fingerprint density at radius 1 is 1.09 bits per heavy atom. The number of carbonyl (C=O) groups is 1. The molecule has 0 atom stereocenters. The molecule has 1 aromatic heterocycles. The molecule has 1 aliphatic carbocycles. The molecule has 0 bridgehead atoms. The number of amides is 1. The van der Waals surface area contributed by atoms with Crippen LogP contribution in [0.15, 0.2) is 53.1 Å². The minimum Gasteiger partial charge on any atom is -0.464 e. The number of para-hydroxylation sites is 1. The lowest BCUT2D eigenvalue weighted by Gasteiger charge is -2.04. The van der Waals surface area contributed by atoms with E-state index in [1.54, 1.807) is 6.26 Å². The third-order valence-electron chi connectivity index (χ3n) is 4.28. The predicted molar refractivity (Wildman–Crippen MR) is 87.0 cm³/mol. The molecule has 2 aromatic carbocycles. The van der Waals surface area contributed by atoms with Crippen molar-refractivity contribution in [2.24, 2.45) is 0 Å². The van der Waals surface area contributed by atoms with Crippen LogP contribution in [0.1, 0.15) is 23.1 Å². The number of nitrogens with one attached hydrogen (secondary N) is 1. The highest BCUT2D eigenvalue weighted by molar-refractivity contribution is 5.95. The highest BCUT2D eigenvalue weighted by Gasteiger charge is 2.16. The molecule has 3 aromatic rings. The quantitative estimate of drug-likeness (QED) is 0.789. The number of benzene rings is 2. The zero-order valence-electron chi connectivity index (χ0n) is 12.3. The predicted octanol–water partition coefficient (Wildman–Crippen LogP) is 4.10. The highest BCUT2D eigenvalue weighted by atomic mass is 16.3. The van der Waals surface area contributed by atoms with Crippen LogP contribution in [-0.4, -0.2) is 5.91 Å². The first-order chi connectivity index (χ1) is 10.8. The van der Waals surface area contributed by atoms with E-state index in [2.05, 4.69) is 17.4 Å². The van der Waals surface area contributed by atoms with Gasteiger partial charge in [0.05, 0.1) is 12.7 Å². The van der Waals surface area contributed by atoms with E-state index in [0.29, 0.717) is 6.42 Å². The summed E-state index contributed by atoms with van der Waals surface area (Å²) in [4.78, 5) is 12.2. The van der Waals surface area contributed by atoms with Crippen LogP contribution >= 0.6 is 0 Å². The molecule has 22 heavy (non-hydrogen) atoms. The van der Waals surface area contributed by atoms with Crippen LogP contribution in [0.5, 0.6) is 0 Å². The number of fused-ring (bicyclic) bond motifs is 2. The number of aryl methyl sites for hydroxylation is 2. The average Bonchev–Trinajstić information content (AvgIpc) is 3.13. The number of rotatable bonds is 3. The molecule has 1 amide bonds. The molecular weight excluding hydrogens is 274 g/mol. The monoisotopic (exact) mass is 291 g/mol. The van der Waals surface area contributed by atoms with E-state index in [9.17, 15) is 4.79 Å². The van der Waals surface area contributed by atoms with Gasteiger partial charge in [-0.2, -0.15) is 0 Å². The van der Waals surface area contributed by atoms with Crippen molar-refractivity contribution < 1.29 is 9.21 Å². The summed E-state index contributed by atoms with van der Waals surface area (Å²) in [5, 5.41) is 3.99. The summed E-state index contributed by atoms with van der Waals surface area (Å²) in [5.74, 6) is -0.0191. The van der Waals surface area contributed by atoms with E-state index in [1.807, 2.05) is 30.3 Å². The summed E-state index contributed by atoms with van der Waals surface area (Å²) in [6, 6.07) is 13.9. The minimum atomic E-state index is -0.0191. The Morgan fingerprint density at radius 2 is 1.86 bits per heavy atom.